The summed E-state index contributed by atoms with van der Waals surface area (Å²) in [7, 11) is 1.59. The molecule has 2 amide bonds. The highest BCUT2D eigenvalue weighted by atomic mass is 35.5. The van der Waals surface area contributed by atoms with Crippen molar-refractivity contribution < 1.29 is 14.3 Å². The average molecular weight is 483 g/mol. The molecule has 4 rings (SSSR count). The molecule has 1 aliphatic carbocycles. The molecular formula is C26H27ClN2O3S. The highest BCUT2D eigenvalue weighted by Gasteiger charge is 2.34. The summed E-state index contributed by atoms with van der Waals surface area (Å²) in [6, 6.07) is 17.5. The molecule has 0 saturated heterocycles. The lowest BCUT2D eigenvalue weighted by molar-refractivity contribution is -0.127. The Balaban J connectivity index is 1.77. The number of nitrogens with zero attached hydrogens (tertiary/aromatic N) is 1. The third-order valence-corrected chi connectivity index (χ3v) is 7.03. The number of thiophene rings is 1. The van der Waals surface area contributed by atoms with E-state index in [1.807, 2.05) is 41.8 Å². The number of halogens is 1. The quantitative estimate of drug-likeness (QED) is 0.442. The minimum atomic E-state index is -0.839. The van der Waals surface area contributed by atoms with E-state index in [4.69, 9.17) is 16.3 Å². The van der Waals surface area contributed by atoms with Crippen molar-refractivity contribution in [2.24, 2.45) is 0 Å². The second kappa shape index (κ2) is 10.9. The smallest absolute Gasteiger partial charge is 0.248 e. The number of hydrogen-bond donors (Lipinski definition) is 1. The highest BCUT2D eigenvalue weighted by Crippen LogP contribution is 2.32. The molecule has 1 fully saturated rings. The van der Waals surface area contributed by atoms with Gasteiger partial charge in [0.1, 0.15) is 11.8 Å². The van der Waals surface area contributed by atoms with E-state index in [0.717, 1.165) is 30.6 Å². The summed E-state index contributed by atoms with van der Waals surface area (Å²) in [6.07, 6.45) is 4.33. The number of hydrogen-bond acceptors (Lipinski definition) is 4. The third-order valence-electron chi connectivity index (χ3n) is 5.90. The highest BCUT2D eigenvalue weighted by molar-refractivity contribution is 7.10. The molecule has 1 heterocycles. The number of anilines is 1. The van der Waals surface area contributed by atoms with Gasteiger partial charge < -0.3 is 10.1 Å². The van der Waals surface area contributed by atoms with E-state index in [1.54, 1.807) is 36.3 Å². The Morgan fingerprint density at radius 1 is 1.12 bits per heavy atom. The van der Waals surface area contributed by atoms with Gasteiger partial charge in [-0.25, -0.2) is 0 Å². The van der Waals surface area contributed by atoms with E-state index in [9.17, 15) is 9.59 Å². The lowest BCUT2D eigenvalue weighted by Crippen LogP contribution is -2.46. The Hall–Kier alpha value is -2.83. The van der Waals surface area contributed by atoms with Crippen molar-refractivity contribution >= 4 is 40.4 Å². The Morgan fingerprint density at radius 3 is 2.55 bits per heavy atom. The van der Waals surface area contributed by atoms with Crippen molar-refractivity contribution in [3.8, 4) is 5.75 Å². The molecule has 2 aromatic carbocycles. The van der Waals surface area contributed by atoms with Crippen molar-refractivity contribution in [3.63, 3.8) is 0 Å². The van der Waals surface area contributed by atoms with E-state index in [1.165, 1.54) is 11.3 Å². The lowest BCUT2D eigenvalue weighted by Gasteiger charge is -2.32. The average Bonchev–Trinajstić information content (AvgIpc) is 3.52. The van der Waals surface area contributed by atoms with Crippen LogP contribution in [-0.2, 0) is 16.0 Å². The molecule has 1 aliphatic rings. The fourth-order valence-corrected chi connectivity index (χ4v) is 5.09. The number of rotatable bonds is 8. The van der Waals surface area contributed by atoms with Crippen LogP contribution in [-0.4, -0.2) is 25.0 Å². The molecule has 0 radical (unpaired) electrons. The lowest BCUT2D eigenvalue weighted by atomic mass is 10.0. The van der Waals surface area contributed by atoms with Gasteiger partial charge in [0.05, 0.1) is 13.5 Å². The van der Waals surface area contributed by atoms with E-state index < -0.39 is 6.04 Å². The molecule has 172 valence electrons. The van der Waals surface area contributed by atoms with Crippen LogP contribution in [0.25, 0.3) is 0 Å². The molecule has 0 bridgehead atoms. The van der Waals surface area contributed by atoms with Crippen LogP contribution < -0.4 is 15.0 Å². The first-order chi connectivity index (χ1) is 16.0. The van der Waals surface area contributed by atoms with E-state index in [0.29, 0.717) is 22.0 Å². The summed E-state index contributed by atoms with van der Waals surface area (Å²) in [4.78, 5) is 30.0. The molecule has 7 heteroatoms. The Kier molecular flexibility index (Phi) is 7.68. The van der Waals surface area contributed by atoms with Gasteiger partial charge in [-0.15, -0.1) is 11.3 Å². The molecule has 0 spiro atoms. The maximum absolute atomic E-state index is 13.7. The molecule has 1 aromatic heterocycles. The van der Waals surface area contributed by atoms with Gasteiger partial charge in [0.25, 0.3) is 0 Å². The zero-order valence-corrected chi connectivity index (χ0v) is 20.1. The predicted molar refractivity (Wildman–Crippen MR) is 133 cm³/mol. The summed E-state index contributed by atoms with van der Waals surface area (Å²) < 4.78 is 5.41. The normalized spacial score (nSPS) is 14.6. The van der Waals surface area contributed by atoms with Crippen LogP contribution in [0.5, 0.6) is 5.75 Å². The van der Waals surface area contributed by atoms with E-state index in [2.05, 4.69) is 5.32 Å². The van der Waals surface area contributed by atoms with Crippen LogP contribution in [0.2, 0.25) is 5.02 Å². The number of ether oxygens (including phenoxy) is 1. The third kappa shape index (κ3) is 5.75. The number of nitrogens with one attached hydrogen (secondary N) is 1. The maximum Gasteiger partial charge on any atom is 0.248 e. The number of carbonyl (C=O) groups excluding carboxylic acids is 2. The fraction of sp³-hybridized carbons (Fsp3) is 0.308. The largest absolute Gasteiger partial charge is 0.497 e. The molecule has 5 nitrogen and oxygen atoms in total. The van der Waals surface area contributed by atoms with Crippen LogP contribution in [0.1, 0.15) is 42.2 Å². The Bertz CT molecular complexity index is 1080. The molecule has 1 unspecified atom stereocenters. The van der Waals surface area contributed by atoms with Gasteiger partial charge in [0.2, 0.25) is 11.8 Å². The first kappa shape index (κ1) is 23.3. The monoisotopic (exact) mass is 482 g/mol. The van der Waals surface area contributed by atoms with Crippen LogP contribution in [0.3, 0.4) is 0 Å². The van der Waals surface area contributed by atoms with Crippen molar-refractivity contribution in [3.05, 3.63) is 81.5 Å². The standard InChI is InChI=1S/C26H27ClN2O3S/c1-32-22-9-4-6-18(16-22)25(26(31)28-20-7-2-3-8-20)29(21-13-11-19(27)12-14-21)24(30)17-23-10-5-15-33-23/h4-6,9-16,20,25H,2-3,7-8,17H2,1H3,(H,28,31). The number of amides is 2. The first-order valence-electron chi connectivity index (χ1n) is 11.1. The minimum absolute atomic E-state index is 0.130. The van der Waals surface area contributed by atoms with Crippen molar-refractivity contribution in [1.29, 1.82) is 0 Å². The molecule has 1 atom stereocenters. The van der Waals surface area contributed by atoms with Gasteiger partial charge in [-0.3, -0.25) is 14.5 Å². The summed E-state index contributed by atoms with van der Waals surface area (Å²) in [6.45, 7) is 0. The Labute approximate surface area is 203 Å². The summed E-state index contributed by atoms with van der Waals surface area (Å²) in [5.74, 6) is 0.284. The molecular weight excluding hydrogens is 456 g/mol. The molecule has 3 aromatic rings. The zero-order chi connectivity index (χ0) is 23.2. The summed E-state index contributed by atoms with van der Waals surface area (Å²) >= 11 is 7.65. The van der Waals surface area contributed by atoms with Crippen molar-refractivity contribution in [2.75, 3.05) is 12.0 Å². The van der Waals surface area contributed by atoms with Gasteiger partial charge in [0.15, 0.2) is 0 Å². The maximum atomic E-state index is 13.7. The first-order valence-corrected chi connectivity index (χ1v) is 12.4. The number of methoxy groups -OCH3 is 1. The van der Waals surface area contributed by atoms with Crippen molar-refractivity contribution in [1.82, 2.24) is 5.32 Å². The van der Waals surface area contributed by atoms with Crippen molar-refractivity contribution in [2.45, 2.75) is 44.2 Å². The second-order valence-electron chi connectivity index (χ2n) is 8.17. The summed E-state index contributed by atoms with van der Waals surface area (Å²) in [5.41, 5.74) is 1.31. The van der Waals surface area contributed by atoms with Crippen LogP contribution in [0, 0.1) is 0 Å². The zero-order valence-electron chi connectivity index (χ0n) is 18.5. The fourth-order valence-electron chi connectivity index (χ4n) is 4.27. The topological polar surface area (TPSA) is 58.6 Å². The number of benzene rings is 2. The molecule has 0 aliphatic heterocycles. The van der Waals surface area contributed by atoms with Crippen LogP contribution >= 0.6 is 22.9 Å². The van der Waals surface area contributed by atoms with E-state index in [-0.39, 0.29) is 24.3 Å². The SMILES string of the molecule is COc1cccc(C(C(=O)NC2CCCC2)N(C(=O)Cc2cccs2)c2ccc(Cl)cc2)c1. The van der Waals surface area contributed by atoms with Gasteiger partial charge in [0, 0.05) is 21.6 Å². The van der Waals surface area contributed by atoms with Gasteiger partial charge in [-0.2, -0.15) is 0 Å². The molecule has 33 heavy (non-hydrogen) atoms. The molecule has 1 N–H and O–H groups in total. The van der Waals surface area contributed by atoms with Crippen LogP contribution in [0.15, 0.2) is 66.0 Å². The van der Waals surface area contributed by atoms with Gasteiger partial charge in [-0.1, -0.05) is 42.6 Å². The summed E-state index contributed by atoms with van der Waals surface area (Å²) in [5, 5.41) is 5.71. The molecule has 1 saturated carbocycles. The predicted octanol–water partition coefficient (Wildman–Crippen LogP) is 5.79. The minimum Gasteiger partial charge on any atom is -0.497 e. The van der Waals surface area contributed by atoms with Gasteiger partial charge in [-0.05, 0) is 66.2 Å². The second-order valence-corrected chi connectivity index (χ2v) is 9.63. The van der Waals surface area contributed by atoms with Gasteiger partial charge >= 0.3 is 0 Å². The number of carbonyl (C=O) groups is 2. The Morgan fingerprint density at radius 2 is 1.88 bits per heavy atom. The van der Waals surface area contributed by atoms with E-state index >= 15 is 0 Å². The van der Waals surface area contributed by atoms with Crippen LogP contribution in [0.4, 0.5) is 5.69 Å².